The SMILES string of the molecule is Cc1oc2cc(OCC(=O)NCC(=O)O)ccc2c(=O)c1-c1ccc2c(c1)OCCCO2. The highest BCUT2D eigenvalue weighted by Crippen LogP contribution is 2.35. The molecule has 0 radical (unpaired) electrons. The number of aliphatic carboxylic acids is 1. The molecule has 1 aliphatic heterocycles. The van der Waals surface area contributed by atoms with Crippen molar-refractivity contribution in [1.29, 1.82) is 0 Å². The number of fused-ring (bicyclic) bond motifs is 2. The summed E-state index contributed by atoms with van der Waals surface area (Å²) in [4.78, 5) is 35.3. The third kappa shape index (κ3) is 4.51. The normalized spacial score (nSPS) is 12.8. The fourth-order valence-electron chi connectivity index (χ4n) is 3.40. The topological polar surface area (TPSA) is 124 Å². The summed E-state index contributed by atoms with van der Waals surface area (Å²) >= 11 is 0. The van der Waals surface area contributed by atoms with Gasteiger partial charge < -0.3 is 29.1 Å². The second-order valence-corrected chi connectivity index (χ2v) is 7.19. The van der Waals surface area contributed by atoms with Crippen LogP contribution in [0.3, 0.4) is 0 Å². The van der Waals surface area contributed by atoms with E-state index in [-0.39, 0.29) is 12.0 Å². The van der Waals surface area contributed by atoms with E-state index < -0.39 is 18.4 Å². The third-order valence-corrected chi connectivity index (χ3v) is 4.88. The lowest BCUT2D eigenvalue weighted by Gasteiger charge is -2.12. The van der Waals surface area contributed by atoms with Crippen LogP contribution in [0.15, 0.2) is 45.6 Å². The monoisotopic (exact) mass is 439 g/mol. The van der Waals surface area contributed by atoms with Gasteiger partial charge >= 0.3 is 5.97 Å². The number of amides is 1. The van der Waals surface area contributed by atoms with E-state index in [1.807, 2.05) is 0 Å². The van der Waals surface area contributed by atoms with Gasteiger partial charge in [-0.05, 0) is 36.8 Å². The number of carboxylic acids is 1. The van der Waals surface area contributed by atoms with Gasteiger partial charge in [0.05, 0.1) is 24.2 Å². The van der Waals surface area contributed by atoms with Gasteiger partial charge in [-0.1, -0.05) is 6.07 Å². The van der Waals surface area contributed by atoms with Crippen molar-refractivity contribution in [2.45, 2.75) is 13.3 Å². The maximum absolute atomic E-state index is 13.2. The van der Waals surface area contributed by atoms with E-state index in [0.717, 1.165) is 6.42 Å². The maximum atomic E-state index is 13.2. The van der Waals surface area contributed by atoms with Crippen molar-refractivity contribution in [2.24, 2.45) is 0 Å². The molecular formula is C23H21NO8. The molecule has 0 saturated carbocycles. The molecular weight excluding hydrogens is 418 g/mol. The highest BCUT2D eigenvalue weighted by atomic mass is 16.5. The summed E-state index contributed by atoms with van der Waals surface area (Å²) in [6.07, 6.45) is 0.785. The Morgan fingerprint density at radius 2 is 1.88 bits per heavy atom. The molecule has 0 unspecified atom stereocenters. The van der Waals surface area contributed by atoms with E-state index in [2.05, 4.69) is 5.32 Å². The number of ether oxygens (including phenoxy) is 3. The summed E-state index contributed by atoms with van der Waals surface area (Å²) < 4.78 is 22.7. The molecule has 0 saturated heterocycles. The Hall–Kier alpha value is -4.01. The predicted octanol–water partition coefficient (Wildman–Crippen LogP) is 2.51. The number of hydrogen-bond donors (Lipinski definition) is 2. The fraction of sp³-hybridized carbons (Fsp3) is 0.261. The van der Waals surface area contributed by atoms with Crippen LogP contribution >= 0.6 is 0 Å². The first-order valence-electron chi connectivity index (χ1n) is 10.0. The zero-order chi connectivity index (χ0) is 22.7. The van der Waals surface area contributed by atoms with Gasteiger partial charge in [-0.3, -0.25) is 14.4 Å². The largest absolute Gasteiger partial charge is 0.490 e. The van der Waals surface area contributed by atoms with Gasteiger partial charge in [-0.2, -0.15) is 0 Å². The van der Waals surface area contributed by atoms with Gasteiger partial charge in [0.1, 0.15) is 23.6 Å². The van der Waals surface area contributed by atoms with Crippen LogP contribution in [-0.4, -0.2) is 43.3 Å². The molecule has 4 rings (SSSR count). The van der Waals surface area contributed by atoms with E-state index in [1.54, 1.807) is 37.3 Å². The van der Waals surface area contributed by atoms with Gasteiger partial charge in [0.15, 0.2) is 18.1 Å². The van der Waals surface area contributed by atoms with Crippen LogP contribution in [0.5, 0.6) is 17.2 Å². The van der Waals surface area contributed by atoms with E-state index in [0.29, 0.717) is 58.3 Å². The Morgan fingerprint density at radius 3 is 2.66 bits per heavy atom. The van der Waals surface area contributed by atoms with Gasteiger partial charge in [-0.25, -0.2) is 0 Å². The Labute approximate surface area is 182 Å². The van der Waals surface area contributed by atoms with Gasteiger partial charge in [0.2, 0.25) is 5.43 Å². The highest BCUT2D eigenvalue weighted by Gasteiger charge is 2.18. The lowest BCUT2D eigenvalue weighted by Crippen LogP contribution is -2.33. The third-order valence-electron chi connectivity index (χ3n) is 4.88. The number of benzene rings is 2. The second kappa shape index (κ2) is 9.01. The van der Waals surface area contributed by atoms with E-state index in [9.17, 15) is 14.4 Å². The first kappa shape index (κ1) is 21.2. The molecule has 1 aromatic heterocycles. The summed E-state index contributed by atoms with van der Waals surface area (Å²) in [7, 11) is 0. The average Bonchev–Trinajstić information content (AvgIpc) is 3.01. The lowest BCUT2D eigenvalue weighted by molar-refractivity contribution is -0.138. The lowest BCUT2D eigenvalue weighted by atomic mass is 10.0. The van der Waals surface area contributed by atoms with Crippen LogP contribution in [-0.2, 0) is 9.59 Å². The predicted molar refractivity (Wildman–Crippen MR) is 114 cm³/mol. The number of aryl methyl sites for hydroxylation is 1. The Balaban J connectivity index is 1.61. The second-order valence-electron chi connectivity index (χ2n) is 7.19. The zero-order valence-corrected chi connectivity index (χ0v) is 17.3. The fourth-order valence-corrected chi connectivity index (χ4v) is 3.40. The molecule has 0 aliphatic carbocycles. The number of carbonyl (C=O) groups excluding carboxylic acids is 1. The standard InChI is InChI=1S/C23H21NO8/c1-13-22(14-3-6-17-19(9-14)30-8-2-7-29-17)23(28)16-5-4-15(10-18(16)32-13)31-12-20(25)24-11-21(26)27/h3-6,9-10H,2,7-8,11-12H2,1H3,(H,24,25)(H,26,27). The first-order chi connectivity index (χ1) is 15.4. The van der Waals surface area contributed by atoms with Crippen molar-refractivity contribution in [3.8, 4) is 28.4 Å². The van der Waals surface area contributed by atoms with Crippen LogP contribution in [0.2, 0.25) is 0 Å². The number of hydrogen-bond acceptors (Lipinski definition) is 7. The molecule has 0 atom stereocenters. The van der Waals surface area contributed by atoms with Crippen LogP contribution in [0.4, 0.5) is 0 Å². The van der Waals surface area contributed by atoms with Gasteiger partial charge in [0.25, 0.3) is 5.91 Å². The van der Waals surface area contributed by atoms with Gasteiger partial charge in [-0.15, -0.1) is 0 Å². The van der Waals surface area contributed by atoms with Crippen molar-refractivity contribution in [1.82, 2.24) is 5.32 Å². The molecule has 9 nitrogen and oxygen atoms in total. The van der Waals surface area contributed by atoms with Crippen molar-refractivity contribution in [2.75, 3.05) is 26.4 Å². The minimum Gasteiger partial charge on any atom is -0.490 e. The first-order valence-corrected chi connectivity index (χ1v) is 10.0. The van der Waals surface area contributed by atoms with Gasteiger partial charge in [0, 0.05) is 12.5 Å². The van der Waals surface area contributed by atoms with Crippen LogP contribution in [0, 0.1) is 6.92 Å². The molecule has 0 spiro atoms. The molecule has 166 valence electrons. The molecule has 2 N–H and O–H groups in total. The van der Waals surface area contributed by atoms with Crippen LogP contribution < -0.4 is 25.0 Å². The molecule has 1 amide bonds. The number of nitrogens with one attached hydrogen (secondary N) is 1. The molecule has 32 heavy (non-hydrogen) atoms. The summed E-state index contributed by atoms with van der Waals surface area (Å²) in [5.41, 5.74) is 1.20. The van der Waals surface area contributed by atoms with E-state index >= 15 is 0 Å². The Morgan fingerprint density at radius 1 is 1.09 bits per heavy atom. The van der Waals surface area contributed by atoms with Crippen LogP contribution in [0.25, 0.3) is 22.1 Å². The molecule has 1 aliphatic rings. The molecule has 2 aromatic carbocycles. The van der Waals surface area contributed by atoms with Crippen molar-refractivity contribution >= 4 is 22.8 Å². The van der Waals surface area contributed by atoms with Crippen molar-refractivity contribution in [3.63, 3.8) is 0 Å². The summed E-state index contributed by atoms with van der Waals surface area (Å²) in [6.45, 7) is 1.97. The summed E-state index contributed by atoms with van der Waals surface area (Å²) in [5, 5.41) is 11.1. The highest BCUT2D eigenvalue weighted by molar-refractivity contribution is 5.85. The number of rotatable bonds is 6. The quantitative estimate of drug-likeness (QED) is 0.600. The molecule has 0 bridgehead atoms. The van der Waals surface area contributed by atoms with E-state index in [1.165, 1.54) is 6.07 Å². The summed E-state index contributed by atoms with van der Waals surface area (Å²) in [5.74, 6) is 0.245. The average molecular weight is 439 g/mol. The molecule has 3 aromatic rings. The summed E-state index contributed by atoms with van der Waals surface area (Å²) in [6, 6.07) is 10.00. The zero-order valence-electron chi connectivity index (χ0n) is 17.3. The minimum atomic E-state index is -1.15. The number of carbonyl (C=O) groups is 2. The van der Waals surface area contributed by atoms with Crippen LogP contribution in [0.1, 0.15) is 12.2 Å². The minimum absolute atomic E-state index is 0.205. The Bertz CT molecular complexity index is 1250. The number of carboxylic acid groups (broad SMARTS) is 1. The molecule has 9 heteroatoms. The smallest absolute Gasteiger partial charge is 0.322 e. The molecule has 2 heterocycles. The maximum Gasteiger partial charge on any atom is 0.322 e. The Kier molecular flexibility index (Phi) is 5.98. The van der Waals surface area contributed by atoms with Crippen molar-refractivity contribution < 1.29 is 33.3 Å². The van der Waals surface area contributed by atoms with Crippen molar-refractivity contribution in [3.05, 3.63) is 52.4 Å². The molecule has 0 fully saturated rings. The van der Waals surface area contributed by atoms with E-state index in [4.69, 9.17) is 23.7 Å².